The lowest BCUT2D eigenvalue weighted by atomic mass is 9.85. The van der Waals surface area contributed by atoms with E-state index in [0.29, 0.717) is 30.6 Å². The largest absolute Gasteiger partial charge is 0.475 e. The number of nitrogens with one attached hydrogen (secondary N) is 1. The van der Waals surface area contributed by atoms with Crippen LogP contribution in [-0.2, 0) is 6.54 Å². The summed E-state index contributed by atoms with van der Waals surface area (Å²) < 4.78 is 19.7. The second kappa shape index (κ2) is 6.66. The van der Waals surface area contributed by atoms with Crippen LogP contribution in [0.4, 0.5) is 4.39 Å². The van der Waals surface area contributed by atoms with Gasteiger partial charge >= 0.3 is 0 Å². The highest BCUT2D eigenvalue weighted by Gasteiger charge is 2.20. The van der Waals surface area contributed by atoms with Gasteiger partial charge in [0.2, 0.25) is 0 Å². The van der Waals surface area contributed by atoms with Gasteiger partial charge in [-0.25, -0.2) is 9.37 Å². The highest BCUT2D eigenvalue weighted by Crippen LogP contribution is 2.26. The molecule has 104 valence electrons. The van der Waals surface area contributed by atoms with Crippen molar-refractivity contribution in [3.8, 4) is 5.88 Å². The zero-order valence-corrected chi connectivity index (χ0v) is 11.5. The standard InChI is InChI=1S/C15H21FN2O/c1-11-5-3-4-6-13(11)10-19-15-14(16)12(9-17-2)7-8-18-15/h3-4,7-8,11,13,17H,5-6,9-10H2,1-2H3. The quantitative estimate of drug-likeness (QED) is 0.830. The lowest BCUT2D eigenvalue weighted by molar-refractivity contribution is 0.185. The maximum Gasteiger partial charge on any atom is 0.250 e. The molecule has 1 heterocycles. The van der Waals surface area contributed by atoms with Crippen LogP contribution in [0.3, 0.4) is 0 Å². The zero-order valence-electron chi connectivity index (χ0n) is 11.5. The minimum absolute atomic E-state index is 0.120. The summed E-state index contributed by atoms with van der Waals surface area (Å²) >= 11 is 0. The van der Waals surface area contributed by atoms with Crippen LogP contribution in [0.15, 0.2) is 24.4 Å². The molecule has 0 fully saturated rings. The van der Waals surface area contributed by atoms with Crippen LogP contribution >= 0.6 is 0 Å². The van der Waals surface area contributed by atoms with E-state index < -0.39 is 0 Å². The maximum atomic E-state index is 14.1. The third-order valence-corrected chi connectivity index (χ3v) is 3.66. The molecule has 2 unspecified atom stereocenters. The first-order chi connectivity index (χ1) is 9.22. The zero-order chi connectivity index (χ0) is 13.7. The highest BCUT2D eigenvalue weighted by atomic mass is 19.1. The van der Waals surface area contributed by atoms with Crippen molar-refractivity contribution in [1.82, 2.24) is 10.3 Å². The molecule has 2 atom stereocenters. The maximum absolute atomic E-state index is 14.1. The number of rotatable bonds is 5. The van der Waals surface area contributed by atoms with Crippen LogP contribution in [0.25, 0.3) is 0 Å². The fourth-order valence-corrected chi connectivity index (χ4v) is 2.31. The topological polar surface area (TPSA) is 34.2 Å². The Labute approximate surface area is 113 Å². The van der Waals surface area contributed by atoms with Crippen molar-refractivity contribution >= 4 is 0 Å². The summed E-state index contributed by atoms with van der Waals surface area (Å²) in [5.41, 5.74) is 0.587. The van der Waals surface area contributed by atoms with Crippen molar-refractivity contribution in [2.45, 2.75) is 26.3 Å². The SMILES string of the molecule is CNCc1ccnc(OCC2CC=CCC2C)c1F. The Kier molecular flexibility index (Phi) is 4.91. The summed E-state index contributed by atoms with van der Waals surface area (Å²) in [6, 6.07) is 1.67. The summed E-state index contributed by atoms with van der Waals surface area (Å²) in [4.78, 5) is 3.99. The van der Waals surface area contributed by atoms with Gasteiger partial charge in [0.1, 0.15) is 0 Å². The normalized spacial score (nSPS) is 22.5. The molecule has 0 radical (unpaired) electrons. The van der Waals surface area contributed by atoms with Crippen LogP contribution in [-0.4, -0.2) is 18.6 Å². The fourth-order valence-electron chi connectivity index (χ4n) is 2.31. The second-order valence-electron chi connectivity index (χ2n) is 5.11. The van der Waals surface area contributed by atoms with Crippen molar-refractivity contribution in [3.63, 3.8) is 0 Å². The van der Waals surface area contributed by atoms with Gasteiger partial charge in [0.25, 0.3) is 5.88 Å². The van der Waals surface area contributed by atoms with E-state index >= 15 is 0 Å². The number of hydrogen-bond acceptors (Lipinski definition) is 3. The van der Waals surface area contributed by atoms with Gasteiger partial charge < -0.3 is 10.1 Å². The summed E-state index contributed by atoms with van der Waals surface area (Å²) in [6.45, 7) is 3.21. The van der Waals surface area contributed by atoms with E-state index in [1.54, 1.807) is 19.3 Å². The van der Waals surface area contributed by atoms with E-state index in [9.17, 15) is 4.39 Å². The first-order valence-electron chi connectivity index (χ1n) is 6.78. The molecule has 19 heavy (non-hydrogen) atoms. The second-order valence-corrected chi connectivity index (χ2v) is 5.11. The van der Waals surface area contributed by atoms with Crippen LogP contribution in [0.2, 0.25) is 0 Å². The van der Waals surface area contributed by atoms with Gasteiger partial charge in [0.05, 0.1) is 6.61 Å². The van der Waals surface area contributed by atoms with Gasteiger partial charge in [-0.05, 0) is 37.8 Å². The van der Waals surface area contributed by atoms with E-state index in [4.69, 9.17) is 4.74 Å². The van der Waals surface area contributed by atoms with Crippen molar-refractivity contribution in [2.24, 2.45) is 11.8 Å². The van der Waals surface area contributed by atoms with Crippen molar-refractivity contribution < 1.29 is 9.13 Å². The average molecular weight is 264 g/mol. The number of allylic oxidation sites excluding steroid dienone is 2. The van der Waals surface area contributed by atoms with Gasteiger partial charge in [-0.1, -0.05) is 19.1 Å². The first-order valence-corrected chi connectivity index (χ1v) is 6.78. The van der Waals surface area contributed by atoms with Gasteiger partial charge in [0, 0.05) is 18.3 Å². The molecule has 1 aromatic rings. The lowest BCUT2D eigenvalue weighted by Crippen LogP contribution is -2.22. The summed E-state index contributed by atoms with van der Waals surface area (Å²) in [7, 11) is 1.79. The fraction of sp³-hybridized carbons (Fsp3) is 0.533. The van der Waals surface area contributed by atoms with Gasteiger partial charge in [0.15, 0.2) is 5.82 Å². The van der Waals surface area contributed by atoms with Gasteiger partial charge in [-0.2, -0.15) is 0 Å². The molecule has 0 aromatic carbocycles. The molecule has 0 amide bonds. The van der Waals surface area contributed by atoms with Crippen molar-refractivity contribution in [1.29, 1.82) is 0 Å². The molecule has 0 spiro atoms. The molecule has 0 bridgehead atoms. The van der Waals surface area contributed by atoms with Gasteiger partial charge in [-0.3, -0.25) is 0 Å². The van der Waals surface area contributed by atoms with E-state index in [1.165, 1.54) is 0 Å². The Morgan fingerprint density at radius 1 is 1.42 bits per heavy atom. The number of hydrogen-bond donors (Lipinski definition) is 1. The lowest BCUT2D eigenvalue weighted by Gasteiger charge is -2.25. The summed E-state index contributed by atoms with van der Waals surface area (Å²) in [5, 5.41) is 2.93. The Balaban J connectivity index is 1.99. The molecule has 1 aliphatic rings. The van der Waals surface area contributed by atoms with Crippen LogP contribution in [0.1, 0.15) is 25.3 Å². The average Bonchev–Trinajstić information content (AvgIpc) is 2.42. The van der Waals surface area contributed by atoms with E-state index in [0.717, 1.165) is 12.8 Å². The summed E-state index contributed by atoms with van der Waals surface area (Å²) in [6.07, 6.45) is 8.04. The molecule has 0 saturated heterocycles. The Hall–Kier alpha value is -1.42. The van der Waals surface area contributed by atoms with E-state index in [2.05, 4.69) is 29.4 Å². The predicted molar refractivity (Wildman–Crippen MR) is 73.5 cm³/mol. The van der Waals surface area contributed by atoms with Crippen LogP contribution in [0, 0.1) is 17.7 Å². The molecule has 0 aliphatic heterocycles. The third-order valence-electron chi connectivity index (χ3n) is 3.66. The Morgan fingerprint density at radius 2 is 2.21 bits per heavy atom. The molecule has 1 aromatic heterocycles. The van der Waals surface area contributed by atoms with Crippen molar-refractivity contribution in [3.05, 3.63) is 35.8 Å². The minimum Gasteiger partial charge on any atom is -0.475 e. The monoisotopic (exact) mass is 264 g/mol. The molecule has 4 heteroatoms. The number of ether oxygens (including phenoxy) is 1. The van der Waals surface area contributed by atoms with Gasteiger partial charge in [-0.15, -0.1) is 0 Å². The number of aromatic nitrogens is 1. The first kappa shape index (κ1) is 14.0. The van der Waals surface area contributed by atoms with E-state index in [1.807, 2.05) is 0 Å². The number of nitrogens with zero attached hydrogens (tertiary/aromatic N) is 1. The van der Waals surface area contributed by atoms with Crippen LogP contribution < -0.4 is 10.1 Å². The van der Waals surface area contributed by atoms with Crippen LogP contribution in [0.5, 0.6) is 5.88 Å². The molecule has 0 saturated carbocycles. The number of halogens is 1. The predicted octanol–water partition coefficient (Wildman–Crippen LogP) is 2.92. The molecule has 3 nitrogen and oxygen atoms in total. The summed E-state index contributed by atoms with van der Waals surface area (Å²) in [5.74, 6) is 0.790. The molecular weight excluding hydrogens is 243 g/mol. The number of pyridine rings is 1. The smallest absolute Gasteiger partial charge is 0.250 e. The molecule has 1 aliphatic carbocycles. The molecule has 2 rings (SSSR count). The Bertz CT molecular complexity index is 448. The molecular formula is C15H21FN2O. The van der Waals surface area contributed by atoms with Crippen molar-refractivity contribution in [2.75, 3.05) is 13.7 Å². The Morgan fingerprint density at radius 3 is 2.95 bits per heavy atom. The minimum atomic E-state index is -0.351. The highest BCUT2D eigenvalue weighted by molar-refractivity contribution is 5.23. The molecule has 1 N–H and O–H groups in total. The third kappa shape index (κ3) is 3.53. The van der Waals surface area contributed by atoms with E-state index in [-0.39, 0.29) is 11.7 Å².